The number of rotatable bonds is 8. The molecule has 0 aliphatic carbocycles. The van der Waals surface area contributed by atoms with Crippen LogP contribution in [0.2, 0.25) is 0 Å². The highest BCUT2D eigenvalue weighted by Gasteiger charge is 2.33. The maximum Gasteiger partial charge on any atom is 0.304 e. The predicted molar refractivity (Wildman–Crippen MR) is 84.1 cm³/mol. The lowest BCUT2D eigenvalue weighted by molar-refractivity contribution is -0.162. The summed E-state index contributed by atoms with van der Waals surface area (Å²) in [5.74, 6) is -0.290. The second-order valence-electron chi connectivity index (χ2n) is 6.93. The normalized spacial score (nSPS) is 17.4. The minimum atomic E-state index is -1.06. The van der Waals surface area contributed by atoms with Gasteiger partial charge in [-0.25, -0.2) is 0 Å². The number of carbonyl (C=O) groups is 2. The minimum absolute atomic E-state index is 0.272. The Morgan fingerprint density at radius 2 is 1.09 bits per heavy atom. The lowest BCUT2D eigenvalue weighted by atomic mass is 10.0. The van der Waals surface area contributed by atoms with Crippen molar-refractivity contribution in [1.29, 1.82) is 0 Å². The van der Waals surface area contributed by atoms with Gasteiger partial charge < -0.3 is 9.47 Å². The molecule has 2 atom stereocenters. The third-order valence-corrected chi connectivity index (χ3v) is 2.77. The van der Waals surface area contributed by atoms with Gasteiger partial charge in [-0.2, -0.15) is 0 Å². The summed E-state index contributed by atoms with van der Waals surface area (Å²) in [6, 6.07) is 0. The highest BCUT2D eigenvalue weighted by molar-refractivity contribution is 5.66. The van der Waals surface area contributed by atoms with Crippen LogP contribution in [0, 0.1) is 11.8 Å². The molecule has 0 radical (unpaired) electrons. The molecule has 6 nitrogen and oxygen atoms in total. The van der Waals surface area contributed by atoms with Gasteiger partial charge >= 0.3 is 11.9 Å². The highest BCUT2D eigenvalue weighted by atomic mass is 16.6. The van der Waals surface area contributed by atoms with Crippen molar-refractivity contribution in [2.24, 2.45) is 22.1 Å². The quantitative estimate of drug-likeness (QED) is 0.499. The summed E-state index contributed by atoms with van der Waals surface area (Å²) in [5.41, 5.74) is -2.11. The van der Waals surface area contributed by atoms with E-state index < -0.39 is 23.4 Å². The third kappa shape index (κ3) is 8.74. The minimum Gasteiger partial charge on any atom is -0.436 e. The van der Waals surface area contributed by atoms with Crippen molar-refractivity contribution in [2.45, 2.75) is 79.7 Å². The predicted octanol–water partition coefficient (Wildman–Crippen LogP) is 4.09. The van der Waals surface area contributed by atoms with Gasteiger partial charge in [-0.1, -0.05) is 27.7 Å². The number of esters is 2. The zero-order valence-corrected chi connectivity index (χ0v) is 15.1. The van der Waals surface area contributed by atoms with Crippen LogP contribution in [0.3, 0.4) is 0 Å². The fourth-order valence-corrected chi connectivity index (χ4v) is 2.55. The second kappa shape index (κ2) is 8.25. The Bertz CT molecular complexity index is 382. The fourth-order valence-electron chi connectivity index (χ4n) is 2.55. The molecule has 0 aromatic carbocycles. The molecule has 0 saturated carbocycles. The van der Waals surface area contributed by atoms with Crippen LogP contribution in [0.15, 0.2) is 10.2 Å². The average molecular weight is 314 g/mol. The van der Waals surface area contributed by atoms with Crippen molar-refractivity contribution in [3.8, 4) is 0 Å². The van der Waals surface area contributed by atoms with Crippen LogP contribution in [-0.4, -0.2) is 23.4 Å². The lowest BCUT2D eigenvalue weighted by Gasteiger charge is -2.29. The summed E-state index contributed by atoms with van der Waals surface area (Å²) in [6.07, 6.45) is 1.07. The lowest BCUT2D eigenvalue weighted by Crippen LogP contribution is -2.34. The molecule has 0 aliphatic heterocycles. The molecule has 0 spiro atoms. The van der Waals surface area contributed by atoms with E-state index in [-0.39, 0.29) is 11.8 Å². The van der Waals surface area contributed by atoms with Crippen molar-refractivity contribution in [3.05, 3.63) is 0 Å². The van der Waals surface area contributed by atoms with Crippen molar-refractivity contribution in [2.75, 3.05) is 0 Å². The first-order chi connectivity index (χ1) is 9.87. The third-order valence-electron chi connectivity index (χ3n) is 2.77. The smallest absolute Gasteiger partial charge is 0.304 e. The van der Waals surface area contributed by atoms with E-state index in [2.05, 4.69) is 10.2 Å². The van der Waals surface area contributed by atoms with Crippen LogP contribution < -0.4 is 0 Å². The summed E-state index contributed by atoms with van der Waals surface area (Å²) in [5, 5.41) is 8.44. The van der Waals surface area contributed by atoms with Gasteiger partial charge in [-0.3, -0.25) is 9.59 Å². The SMILES string of the molecule is CC(=O)OC(C)(CC(C)C)/N=N/C(C)(CC(C)C)OC(C)=O. The molecule has 0 rings (SSSR count). The average Bonchev–Trinajstić information content (AvgIpc) is 2.21. The van der Waals surface area contributed by atoms with E-state index in [0.29, 0.717) is 12.8 Å². The number of hydrogen-bond donors (Lipinski definition) is 0. The molecular weight excluding hydrogens is 284 g/mol. The van der Waals surface area contributed by atoms with E-state index >= 15 is 0 Å². The second-order valence-corrected chi connectivity index (χ2v) is 6.93. The van der Waals surface area contributed by atoms with Crippen LogP contribution in [0.4, 0.5) is 0 Å². The summed E-state index contributed by atoms with van der Waals surface area (Å²) >= 11 is 0. The molecule has 0 N–H and O–H groups in total. The van der Waals surface area contributed by atoms with Gasteiger partial charge in [0, 0.05) is 26.7 Å². The number of hydrogen-bond acceptors (Lipinski definition) is 6. The van der Waals surface area contributed by atoms with Gasteiger partial charge in [0.25, 0.3) is 0 Å². The summed E-state index contributed by atoms with van der Waals surface area (Å²) in [7, 11) is 0. The van der Waals surface area contributed by atoms with E-state index in [1.165, 1.54) is 13.8 Å². The molecule has 0 bridgehead atoms. The molecule has 22 heavy (non-hydrogen) atoms. The Kier molecular flexibility index (Phi) is 7.70. The first-order valence-electron chi connectivity index (χ1n) is 7.70. The molecule has 0 saturated heterocycles. The summed E-state index contributed by atoms with van der Waals surface area (Å²) in [6.45, 7) is 14.1. The number of ether oxygens (including phenoxy) is 2. The topological polar surface area (TPSA) is 77.3 Å². The molecule has 0 aromatic rings. The molecular formula is C16H30N2O4. The number of azo groups is 1. The van der Waals surface area contributed by atoms with Crippen molar-refractivity contribution < 1.29 is 19.1 Å². The molecule has 0 heterocycles. The fraction of sp³-hybridized carbons (Fsp3) is 0.875. The Morgan fingerprint density at radius 1 is 0.818 bits per heavy atom. The van der Waals surface area contributed by atoms with E-state index in [0.717, 1.165) is 0 Å². The van der Waals surface area contributed by atoms with Crippen LogP contribution in [0.5, 0.6) is 0 Å². The van der Waals surface area contributed by atoms with E-state index in [1.54, 1.807) is 13.8 Å². The van der Waals surface area contributed by atoms with Crippen molar-refractivity contribution in [1.82, 2.24) is 0 Å². The molecule has 128 valence electrons. The standard InChI is InChI=1S/C16H30N2O4/c1-11(2)9-15(7,21-13(5)19)17-18-16(8,10-12(3)4)22-14(6)20/h11-12H,9-10H2,1-8H3/b18-17+. The maximum absolute atomic E-state index is 11.3. The highest BCUT2D eigenvalue weighted by Crippen LogP contribution is 2.28. The van der Waals surface area contributed by atoms with E-state index in [1.807, 2.05) is 27.7 Å². The first-order valence-corrected chi connectivity index (χ1v) is 7.70. The van der Waals surface area contributed by atoms with Gasteiger partial charge in [0.15, 0.2) is 0 Å². The van der Waals surface area contributed by atoms with Crippen LogP contribution >= 0.6 is 0 Å². The van der Waals surface area contributed by atoms with Gasteiger partial charge in [-0.15, -0.1) is 10.2 Å². The summed E-state index contributed by atoms with van der Waals surface area (Å²) < 4.78 is 10.6. The summed E-state index contributed by atoms with van der Waals surface area (Å²) in [4.78, 5) is 22.6. The molecule has 0 fully saturated rings. The van der Waals surface area contributed by atoms with Crippen LogP contribution in [-0.2, 0) is 19.1 Å². The van der Waals surface area contributed by atoms with E-state index in [9.17, 15) is 9.59 Å². The zero-order valence-electron chi connectivity index (χ0n) is 15.1. The van der Waals surface area contributed by atoms with Crippen molar-refractivity contribution >= 4 is 11.9 Å². The van der Waals surface area contributed by atoms with Crippen LogP contribution in [0.25, 0.3) is 0 Å². The van der Waals surface area contributed by atoms with E-state index in [4.69, 9.17) is 9.47 Å². The maximum atomic E-state index is 11.3. The number of nitrogens with zero attached hydrogens (tertiary/aromatic N) is 2. The molecule has 0 aliphatic rings. The Balaban J connectivity index is 5.36. The largest absolute Gasteiger partial charge is 0.436 e. The van der Waals surface area contributed by atoms with Gasteiger partial charge in [-0.05, 0) is 25.7 Å². The Hall–Kier alpha value is -1.46. The number of carbonyl (C=O) groups excluding carboxylic acids is 2. The van der Waals surface area contributed by atoms with Gasteiger partial charge in [0.05, 0.1) is 0 Å². The molecule has 2 unspecified atom stereocenters. The van der Waals surface area contributed by atoms with Gasteiger partial charge in [0.2, 0.25) is 11.4 Å². The molecule has 0 aromatic heterocycles. The Labute approximate surface area is 133 Å². The molecule has 0 amide bonds. The molecule has 6 heteroatoms. The monoisotopic (exact) mass is 314 g/mol. The van der Waals surface area contributed by atoms with Crippen molar-refractivity contribution in [3.63, 3.8) is 0 Å². The first kappa shape index (κ1) is 20.5. The van der Waals surface area contributed by atoms with Crippen LogP contribution in [0.1, 0.15) is 68.2 Å². The zero-order chi connectivity index (χ0) is 17.6. The van der Waals surface area contributed by atoms with Gasteiger partial charge in [0.1, 0.15) is 0 Å². The Morgan fingerprint density at radius 3 is 1.27 bits per heavy atom.